The molecule has 1 atom stereocenters. The highest BCUT2D eigenvalue weighted by molar-refractivity contribution is 7.15. The Hall–Kier alpha value is -2.06. The van der Waals surface area contributed by atoms with Gasteiger partial charge in [0.1, 0.15) is 11.4 Å². The molecule has 1 unspecified atom stereocenters. The predicted octanol–water partition coefficient (Wildman–Crippen LogP) is 1.28. The fourth-order valence-electron chi connectivity index (χ4n) is 2.56. The van der Waals surface area contributed by atoms with Crippen LogP contribution in [0.1, 0.15) is 18.3 Å². The summed E-state index contributed by atoms with van der Waals surface area (Å²) in [6.07, 6.45) is 4.19. The summed E-state index contributed by atoms with van der Waals surface area (Å²) in [4.78, 5) is 22.0. The molecule has 4 heterocycles. The highest BCUT2D eigenvalue weighted by atomic mass is 32.1. The molecule has 1 saturated heterocycles. The summed E-state index contributed by atoms with van der Waals surface area (Å²) < 4.78 is 8.76. The summed E-state index contributed by atoms with van der Waals surface area (Å²) in [6, 6.07) is 0.128. The van der Waals surface area contributed by atoms with Crippen molar-refractivity contribution >= 4 is 16.3 Å². The number of thiazole rings is 1. The number of nitrogens with zero attached hydrogens (tertiary/aromatic N) is 5. The summed E-state index contributed by atoms with van der Waals surface area (Å²) >= 11 is 1.43. The van der Waals surface area contributed by atoms with Crippen LogP contribution in [-0.4, -0.2) is 37.4 Å². The third-order valence-electron chi connectivity index (χ3n) is 3.57. The van der Waals surface area contributed by atoms with E-state index in [1.807, 2.05) is 12.3 Å². The van der Waals surface area contributed by atoms with E-state index in [4.69, 9.17) is 4.74 Å². The first-order valence-electron chi connectivity index (χ1n) is 6.70. The minimum atomic E-state index is -0.117. The largest absolute Gasteiger partial charge is 0.379 e. The fourth-order valence-corrected chi connectivity index (χ4v) is 3.24. The maximum atomic E-state index is 12.6. The molecule has 108 valence electrons. The number of hydrogen-bond acceptors (Lipinski definition) is 6. The zero-order chi connectivity index (χ0) is 14.4. The Bertz CT molecular complexity index is 859. The molecular weight excluding hydrogens is 290 g/mol. The van der Waals surface area contributed by atoms with Gasteiger partial charge in [0.2, 0.25) is 0 Å². The average molecular weight is 303 g/mol. The maximum Gasteiger partial charge on any atom is 0.269 e. The minimum Gasteiger partial charge on any atom is -0.379 e. The second kappa shape index (κ2) is 4.74. The standard InChI is InChI=1S/C13H13N5O2S/c1-8-15-11(18(16-8)9-2-4-20-7-9)10-6-14-13-17(12(10)19)3-5-21-13/h3,5-6,9H,2,4,7H2,1H3. The predicted molar refractivity (Wildman–Crippen MR) is 77.6 cm³/mol. The van der Waals surface area contributed by atoms with E-state index < -0.39 is 0 Å². The SMILES string of the molecule is Cc1nc(-c2cnc3sccn3c2=O)n(C2CCOC2)n1. The summed E-state index contributed by atoms with van der Waals surface area (Å²) in [5.41, 5.74) is 0.354. The topological polar surface area (TPSA) is 74.3 Å². The van der Waals surface area contributed by atoms with Crippen molar-refractivity contribution in [3.63, 3.8) is 0 Å². The molecule has 0 N–H and O–H groups in total. The number of rotatable bonds is 2. The average Bonchev–Trinajstić information content (AvgIpc) is 3.17. The van der Waals surface area contributed by atoms with E-state index in [9.17, 15) is 4.79 Å². The highest BCUT2D eigenvalue weighted by Gasteiger charge is 2.24. The molecule has 3 aromatic rings. The minimum absolute atomic E-state index is 0.117. The third kappa shape index (κ3) is 1.98. The molecule has 0 saturated carbocycles. The van der Waals surface area contributed by atoms with Gasteiger partial charge in [-0.2, -0.15) is 5.10 Å². The Labute approximate surface area is 123 Å². The van der Waals surface area contributed by atoms with E-state index in [-0.39, 0.29) is 11.6 Å². The molecule has 3 aromatic heterocycles. The molecule has 1 aliphatic heterocycles. The summed E-state index contributed by atoms with van der Waals surface area (Å²) in [5.74, 6) is 1.22. The van der Waals surface area contributed by atoms with Crippen molar-refractivity contribution in [3.8, 4) is 11.4 Å². The van der Waals surface area contributed by atoms with Crippen molar-refractivity contribution in [2.24, 2.45) is 0 Å². The molecule has 8 heteroatoms. The van der Waals surface area contributed by atoms with E-state index in [2.05, 4.69) is 15.1 Å². The van der Waals surface area contributed by atoms with E-state index in [1.165, 1.54) is 11.3 Å². The number of fused-ring (bicyclic) bond motifs is 1. The van der Waals surface area contributed by atoms with Gasteiger partial charge in [0.05, 0.1) is 12.6 Å². The van der Waals surface area contributed by atoms with Gasteiger partial charge in [-0.3, -0.25) is 9.20 Å². The zero-order valence-corrected chi connectivity index (χ0v) is 12.2. The molecule has 0 bridgehead atoms. The summed E-state index contributed by atoms with van der Waals surface area (Å²) in [6.45, 7) is 3.14. The van der Waals surface area contributed by atoms with E-state index >= 15 is 0 Å². The molecule has 0 radical (unpaired) electrons. The lowest BCUT2D eigenvalue weighted by molar-refractivity contribution is 0.184. The Kier molecular flexibility index (Phi) is 2.86. The first kappa shape index (κ1) is 12.7. The van der Waals surface area contributed by atoms with Crippen molar-refractivity contribution in [1.82, 2.24) is 24.1 Å². The van der Waals surface area contributed by atoms with Crippen molar-refractivity contribution < 1.29 is 4.74 Å². The molecular formula is C13H13N5O2S. The van der Waals surface area contributed by atoms with Gasteiger partial charge in [-0.25, -0.2) is 14.6 Å². The van der Waals surface area contributed by atoms with Crippen molar-refractivity contribution in [3.05, 3.63) is 34.0 Å². The third-order valence-corrected chi connectivity index (χ3v) is 4.34. The van der Waals surface area contributed by atoms with Gasteiger partial charge < -0.3 is 4.74 Å². The zero-order valence-electron chi connectivity index (χ0n) is 11.4. The molecule has 4 rings (SSSR count). The molecule has 0 spiro atoms. The van der Waals surface area contributed by atoms with Gasteiger partial charge >= 0.3 is 0 Å². The normalized spacial score (nSPS) is 18.6. The van der Waals surface area contributed by atoms with Gasteiger partial charge in [-0.05, 0) is 13.3 Å². The van der Waals surface area contributed by atoms with Crippen molar-refractivity contribution in [1.29, 1.82) is 0 Å². The molecule has 1 aliphatic rings. The van der Waals surface area contributed by atoms with Gasteiger partial charge in [0.25, 0.3) is 5.56 Å². The van der Waals surface area contributed by atoms with Gasteiger partial charge in [0.15, 0.2) is 10.8 Å². The molecule has 0 amide bonds. The lowest BCUT2D eigenvalue weighted by Gasteiger charge is -2.10. The van der Waals surface area contributed by atoms with Crippen LogP contribution in [0.3, 0.4) is 0 Å². The van der Waals surface area contributed by atoms with Gasteiger partial charge in [-0.15, -0.1) is 11.3 Å². The maximum absolute atomic E-state index is 12.6. The van der Waals surface area contributed by atoms with Crippen molar-refractivity contribution in [2.75, 3.05) is 13.2 Å². The molecule has 21 heavy (non-hydrogen) atoms. The monoisotopic (exact) mass is 303 g/mol. The number of hydrogen-bond donors (Lipinski definition) is 0. The number of aromatic nitrogens is 5. The smallest absolute Gasteiger partial charge is 0.269 e. The Morgan fingerprint density at radius 1 is 1.48 bits per heavy atom. The Morgan fingerprint density at radius 2 is 2.38 bits per heavy atom. The summed E-state index contributed by atoms with van der Waals surface area (Å²) in [5, 5.41) is 6.27. The van der Waals surface area contributed by atoms with Crippen LogP contribution in [-0.2, 0) is 4.74 Å². The van der Waals surface area contributed by atoms with Crippen LogP contribution >= 0.6 is 11.3 Å². The lowest BCUT2D eigenvalue weighted by Crippen LogP contribution is -2.19. The van der Waals surface area contributed by atoms with Gasteiger partial charge in [-0.1, -0.05) is 0 Å². The molecule has 0 aromatic carbocycles. The van der Waals surface area contributed by atoms with Crippen LogP contribution < -0.4 is 5.56 Å². The quantitative estimate of drug-likeness (QED) is 0.713. The van der Waals surface area contributed by atoms with Crippen LogP contribution in [0.25, 0.3) is 16.3 Å². The van der Waals surface area contributed by atoms with Crippen LogP contribution in [0.15, 0.2) is 22.6 Å². The van der Waals surface area contributed by atoms with E-state index in [0.717, 1.165) is 6.42 Å². The van der Waals surface area contributed by atoms with Crippen LogP contribution in [0.5, 0.6) is 0 Å². The molecule has 7 nitrogen and oxygen atoms in total. The fraction of sp³-hybridized carbons (Fsp3) is 0.385. The molecule has 0 aliphatic carbocycles. The van der Waals surface area contributed by atoms with Crippen LogP contribution in [0.2, 0.25) is 0 Å². The van der Waals surface area contributed by atoms with Gasteiger partial charge in [0, 0.05) is 24.4 Å². The Morgan fingerprint density at radius 3 is 3.19 bits per heavy atom. The van der Waals surface area contributed by atoms with E-state index in [1.54, 1.807) is 21.5 Å². The number of aryl methyl sites for hydroxylation is 1. The van der Waals surface area contributed by atoms with Crippen LogP contribution in [0.4, 0.5) is 0 Å². The molecule has 1 fully saturated rings. The second-order valence-electron chi connectivity index (χ2n) is 4.98. The van der Waals surface area contributed by atoms with E-state index in [0.29, 0.717) is 35.4 Å². The van der Waals surface area contributed by atoms with Crippen LogP contribution in [0, 0.1) is 6.92 Å². The second-order valence-corrected chi connectivity index (χ2v) is 5.85. The van der Waals surface area contributed by atoms with Crippen molar-refractivity contribution in [2.45, 2.75) is 19.4 Å². The number of ether oxygens (including phenoxy) is 1. The lowest BCUT2D eigenvalue weighted by atomic mass is 10.2. The Balaban J connectivity index is 1.92. The first-order valence-corrected chi connectivity index (χ1v) is 7.58. The highest BCUT2D eigenvalue weighted by Crippen LogP contribution is 2.24. The first-order chi connectivity index (χ1) is 10.2. The summed E-state index contributed by atoms with van der Waals surface area (Å²) in [7, 11) is 0.